The largest absolute Gasteiger partial charge is 0.322 e. The van der Waals surface area contributed by atoms with Crippen molar-refractivity contribution in [2.45, 2.75) is 52.6 Å². The number of benzene rings is 2. The van der Waals surface area contributed by atoms with Crippen LogP contribution in [0.15, 0.2) is 54.6 Å². The number of fused-ring (bicyclic) bond motifs is 1. The van der Waals surface area contributed by atoms with Crippen molar-refractivity contribution in [1.29, 1.82) is 0 Å². The van der Waals surface area contributed by atoms with Crippen LogP contribution in [0.5, 0.6) is 0 Å². The third-order valence-corrected chi connectivity index (χ3v) is 6.27. The Balaban J connectivity index is 1.38. The van der Waals surface area contributed by atoms with Crippen LogP contribution in [0.4, 0.5) is 5.69 Å². The normalized spacial score (nSPS) is 13.4. The fraction of sp³-hybridized carbons (Fsp3) is 0.308. The topological polar surface area (TPSA) is 77.6 Å². The van der Waals surface area contributed by atoms with Gasteiger partial charge in [-0.15, -0.1) is 10.2 Å². The maximum atomic E-state index is 13.2. The molecule has 7 nitrogen and oxygen atoms in total. The molecular formula is C26H28N6O. The lowest BCUT2D eigenvalue weighted by atomic mass is 10.1. The summed E-state index contributed by atoms with van der Waals surface area (Å²) in [6, 6.07) is 18.0. The summed E-state index contributed by atoms with van der Waals surface area (Å²) in [5.74, 6) is 1.77. The van der Waals surface area contributed by atoms with E-state index in [0.717, 1.165) is 65.7 Å². The molecule has 0 aliphatic carbocycles. The van der Waals surface area contributed by atoms with Gasteiger partial charge in [0, 0.05) is 29.9 Å². The van der Waals surface area contributed by atoms with Gasteiger partial charge in [0.2, 0.25) is 0 Å². The molecule has 5 rings (SSSR count). The Morgan fingerprint density at radius 1 is 1.00 bits per heavy atom. The molecule has 4 aromatic rings. The molecule has 3 heterocycles. The van der Waals surface area contributed by atoms with Gasteiger partial charge in [0.05, 0.1) is 17.8 Å². The lowest BCUT2D eigenvalue weighted by molar-refractivity contribution is 0.102. The second kappa shape index (κ2) is 9.02. The van der Waals surface area contributed by atoms with Gasteiger partial charge in [-0.3, -0.25) is 9.48 Å². The van der Waals surface area contributed by atoms with E-state index in [-0.39, 0.29) is 5.91 Å². The Morgan fingerprint density at radius 2 is 1.85 bits per heavy atom. The molecule has 0 unspecified atom stereocenters. The van der Waals surface area contributed by atoms with Crippen molar-refractivity contribution < 1.29 is 4.79 Å². The molecule has 0 saturated carbocycles. The highest BCUT2D eigenvalue weighted by atomic mass is 16.1. The van der Waals surface area contributed by atoms with Crippen molar-refractivity contribution in [1.82, 2.24) is 24.5 Å². The van der Waals surface area contributed by atoms with Crippen LogP contribution >= 0.6 is 0 Å². The molecule has 2 aromatic carbocycles. The number of anilines is 1. The summed E-state index contributed by atoms with van der Waals surface area (Å²) in [5, 5.41) is 16.5. The molecule has 0 saturated heterocycles. The number of hydrogen-bond donors (Lipinski definition) is 1. The van der Waals surface area contributed by atoms with Crippen molar-refractivity contribution in [3.63, 3.8) is 0 Å². The lowest BCUT2D eigenvalue weighted by Crippen LogP contribution is -2.14. The van der Waals surface area contributed by atoms with Crippen LogP contribution in [0.1, 0.15) is 52.4 Å². The Labute approximate surface area is 193 Å². The van der Waals surface area contributed by atoms with E-state index in [0.29, 0.717) is 12.1 Å². The second-order valence-corrected chi connectivity index (χ2v) is 8.63. The zero-order chi connectivity index (χ0) is 22.8. The number of rotatable bonds is 5. The number of nitrogens with zero attached hydrogens (tertiary/aromatic N) is 5. The smallest absolute Gasteiger partial charge is 0.259 e. The second-order valence-electron chi connectivity index (χ2n) is 8.63. The molecular weight excluding hydrogens is 412 g/mol. The van der Waals surface area contributed by atoms with Crippen LogP contribution in [0.25, 0.3) is 11.4 Å². The quantitative estimate of drug-likeness (QED) is 0.484. The SMILES string of the molecule is Cc1nn(Cc2ccccc2)c(C)c1C(=O)Nc1cccc(-c2nnc3n2CCCCC3)c1. The van der Waals surface area contributed by atoms with Crippen molar-refractivity contribution >= 4 is 11.6 Å². The molecule has 33 heavy (non-hydrogen) atoms. The molecule has 2 aromatic heterocycles. The number of aromatic nitrogens is 5. The first kappa shape index (κ1) is 21.1. The minimum absolute atomic E-state index is 0.151. The first-order valence-electron chi connectivity index (χ1n) is 11.5. The molecule has 1 N–H and O–H groups in total. The summed E-state index contributed by atoms with van der Waals surface area (Å²) >= 11 is 0. The van der Waals surface area contributed by atoms with Gasteiger partial charge in [0.1, 0.15) is 5.82 Å². The fourth-order valence-electron chi connectivity index (χ4n) is 4.56. The van der Waals surface area contributed by atoms with Crippen molar-refractivity contribution in [2.75, 3.05) is 5.32 Å². The van der Waals surface area contributed by atoms with Gasteiger partial charge in [0.25, 0.3) is 5.91 Å². The van der Waals surface area contributed by atoms with Crippen molar-refractivity contribution in [3.05, 3.63) is 82.9 Å². The molecule has 0 fully saturated rings. The maximum Gasteiger partial charge on any atom is 0.259 e. The number of amides is 1. The van der Waals surface area contributed by atoms with Crippen molar-refractivity contribution in [3.8, 4) is 11.4 Å². The van der Waals surface area contributed by atoms with E-state index in [1.54, 1.807) is 0 Å². The summed E-state index contributed by atoms with van der Waals surface area (Å²) < 4.78 is 4.11. The third-order valence-electron chi connectivity index (χ3n) is 6.27. The number of nitrogens with one attached hydrogen (secondary N) is 1. The van der Waals surface area contributed by atoms with Crippen LogP contribution in [-0.4, -0.2) is 30.5 Å². The fourth-order valence-corrected chi connectivity index (χ4v) is 4.56. The summed E-state index contributed by atoms with van der Waals surface area (Å²) in [4.78, 5) is 13.2. The summed E-state index contributed by atoms with van der Waals surface area (Å²) in [6.45, 7) is 5.40. The van der Waals surface area contributed by atoms with E-state index in [1.807, 2.05) is 61.0 Å². The highest BCUT2D eigenvalue weighted by Crippen LogP contribution is 2.25. The Hall–Kier alpha value is -3.74. The van der Waals surface area contributed by atoms with Gasteiger partial charge in [-0.25, -0.2) is 0 Å². The average molecular weight is 441 g/mol. The van der Waals surface area contributed by atoms with Crippen LogP contribution < -0.4 is 5.32 Å². The molecule has 0 bridgehead atoms. The van der Waals surface area contributed by atoms with Gasteiger partial charge < -0.3 is 9.88 Å². The lowest BCUT2D eigenvalue weighted by Gasteiger charge is -2.10. The number of carbonyl (C=O) groups excluding carboxylic acids is 1. The molecule has 0 radical (unpaired) electrons. The summed E-state index contributed by atoms with van der Waals surface area (Å²) in [5.41, 5.74) is 5.04. The highest BCUT2D eigenvalue weighted by molar-refractivity contribution is 6.06. The zero-order valence-electron chi connectivity index (χ0n) is 19.1. The minimum Gasteiger partial charge on any atom is -0.322 e. The predicted octanol–water partition coefficient (Wildman–Crippen LogP) is 4.79. The van der Waals surface area contributed by atoms with Gasteiger partial charge in [0.15, 0.2) is 5.82 Å². The zero-order valence-corrected chi connectivity index (χ0v) is 19.1. The van der Waals surface area contributed by atoms with E-state index in [4.69, 9.17) is 0 Å². The molecule has 168 valence electrons. The van der Waals surface area contributed by atoms with E-state index >= 15 is 0 Å². The van der Waals surface area contributed by atoms with Gasteiger partial charge in [-0.1, -0.05) is 48.9 Å². The molecule has 1 aliphatic heterocycles. The number of carbonyl (C=O) groups is 1. The molecule has 0 spiro atoms. The van der Waals surface area contributed by atoms with Gasteiger partial charge in [-0.05, 0) is 44.4 Å². The average Bonchev–Trinajstić information content (AvgIpc) is 3.24. The standard InChI is InChI=1S/C26H28N6O/c1-18-24(19(2)32(30-18)17-20-10-5-3-6-11-20)26(33)27-22-13-9-12-21(16-22)25-29-28-23-14-7-4-8-15-31(23)25/h3,5-6,9-13,16H,4,7-8,14-15,17H2,1-2H3,(H,27,33). The predicted molar refractivity (Wildman–Crippen MR) is 128 cm³/mol. The minimum atomic E-state index is -0.151. The Kier molecular flexibility index (Phi) is 5.77. The monoisotopic (exact) mass is 440 g/mol. The molecule has 1 amide bonds. The van der Waals surface area contributed by atoms with Crippen molar-refractivity contribution in [2.24, 2.45) is 0 Å². The van der Waals surface area contributed by atoms with Crippen LogP contribution in [0.2, 0.25) is 0 Å². The van der Waals surface area contributed by atoms with Crippen LogP contribution in [-0.2, 0) is 19.5 Å². The third kappa shape index (κ3) is 4.31. The molecule has 0 atom stereocenters. The summed E-state index contributed by atoms with van der Waals surface area (Å²) in [7, 11) is 0. The highest BCUT2D eigenvalue weighted by Gasteiger charge is 2.20. The first-order valence-corrected chi connectivity index (χ1v) is 11.5. The van der Waals surface area contributed by atoms with E-state index in [1.165, 1.54) is 6.42 Å². The van der Waals surface area contributed by atoms with Crippen LogP contribution in [0, 0.1) is 13.8 Å². The number of hydrogen-bond acceptors (Lipinski definition) is 4. The van der Waals surface area contributed by atoms with E-state index in [2.05, 4.69) is 37.3 Å². The Morgan fingerprint density at radius 3 is 2.70 bits per heavy atom. The number of aryl methyl sites for hydroxylation is 2. The van der Waals surface area contributed by atoms with E-state index < -0.39 is 0 Å². The summed E-state index contributed by atoms with van der Waals surface area (Å²) in [6.07, 6.45) is 4.48. The Bertz CT molecular complexity index is 1290. The molecule has 7 heteroatoms. The van der Waals surface area contributed by atoms with Gasteiger partial charge in [-0.2, -0.15) is 5.10 Å². The van der Waals surface area contributed by atoms with E-state index in [9.17, 15) is 4.79 Å². The maximum absolute atomic E-state index is 13.2. The first-order chi connectivity index (χ1) is 16.1. The van der Waals surface area contributed by atoms with Gasteiger partial charge >= 0.3 is 0 Å². The molecule has 1 aliphatic rings. The van der Waals surface area contributed by atoms with Crippen LogP contribution in [0.3, 0.4) is 0 Å².